The molecule has 0 aliphatic carbocycles. The fourth-order valence-corrected chi connectivity index (χ4v) is 2.54. The van der Waals surface area contributed by atoms with Gasteiger partial charge in [0.05, 0.1) is 4.92 Å². The number of carbonyl (C=O) groups excluding carboxylic acids is 1. The average Bonchev–Trinajstić information content (AvgIpc) is 2.56. The maximum absolute atomic E-state index is 11.1. The predicted molar refractivity (Wildman–Crippen MR) is 97.4 cm³/mol. The Morgan fingerprint density at radius 3 is 1.92 bits per heavy atom. The lowest BCUT2D eigenvalue weighted by molar-refractivity contribution is -0.519. The summed E-state index contributed by atoms with van der Waals surface area (Å²) in [4.78, 5) is 20.5. The van der Waals surface area contributed by atoms with E-state index in [4.69, 9.17) is 0 Å². The smallest absolute Gasteiger partial charge is 0.346 e. The molecule has 0 amide bonds. The number of nitro groups is 1. The predicted octanol–water partition coefficient (Wildman–Crippen LogP) is 5.80. The number of nitrogens with zero attached hydrogens (tertiary/aromatic N) is 1. The highest BCUT2D eigenvalue weighted by Crippen LogP contribution is 2.10. The van der Waals surface area contributed by atoms with Gasteiger partial charge in [0.1, 0.15) is 0 Å². The van der Waals surface area contributed by atoms with Crippen molar-refractivity contribution in [3.8, 4) is 0 Å². The van der Waals surface area contributed by atoms with Gasteiger partial charge >= 0.3 is 12.7 Å². The van der Waals surface area contributed by atoms with Gasteiger partial charge in [0, 0.05) is 6.42 Å². The summed E-state index contributed by atoms with van der Waals surface area (Å²) in [6.07, 6.45) is 20.5. The van der Waals surface area contributed by atoms with Gasteiger partial charge in [0.2, 0.25) is 0 Å². The summed E-state index contributed by atoms with van der Waals surface area (Å²) < 4.78 is 4.48. The van der Waals surface area contributed by atoms with Crippen molar-refractivity contribution in [1.82, 2.24) is 0 Å². The van der Waals surface area contributed by atoms with Gasteiger partial charge in [-0.2, -0.15) is 0 Å². The molecule has 0 atom stereocenters. The highest BCUT2D eigenvalue weighted by Gasteiger charge is 2.05. The maximum atomic E-state index is 11.1. The average molecular weight is 341 g/mol. The van der Waals surface area contributed by atoms with E-state index < -0.39 is 17.6 Å². The van der Waals surface area contributed by atoms with Crippen molar-refractivity contribution < 1.29 is 14.5 Å². The number of hydrogen-bond acceptors (Lipinski definition) is 4. The molecule has 5 heteroatoms. The molecular formula is C19H35NO4. The van der Waals surface area contributed by atoms with Crippen LogP contribution in [0.25, 0.3) is 0 Å². The van der Waals surface area contributed by atoms with Crippen molar-refractivity contribution in [2.45, 2.75) is 96.8 Å². The zero-order chi connectivity index (χ0) is 17.9. The molecule has 0 saturated heterocycles. The second-order valence-electron chi connectivity index (χ2n) is 6.31. The summed E-state index contributed by atoms with van der Waals surface area (Å²) in [6, 6.07) is 0. The molecule has 0 N–H and O–H groups in total. The lowest BCUT2D eigenvalue weighted by atomic mass is 10.1. The summed E-state index contributed by atoms with van der Waals surface area (Å²) in [7, 11) is 0. The number of allylic oxidation sites excluding steroid dienone is 2. The van der Waals surface area contributed by atoms with E-state index in [0.29, 0.717) is 0 Å². The molecular weight excluding hydrogens is 306 g/mol. The zero-order valence-corrected chi connectivity index (χ0v) is 15.3. The van der Waals surface area contributed by atoms with Crippen molar-refractivity contribution in [2.24, 2.45) is 0 Å². The van der Waals surface area contributed by atoms with Gasteiger partial charge in [-0.1, -0.05) is 70.4 Å². The van der Waals surface area contributed by atoms with E-state index in [9.17, 15) is 14.9 Å². The van der Waals surface area contributed by atoms with Crippen LogP contribution in [-0.4, -0.2) is 17.6 Å². The second kappa shape index (κ2) is 18.0. The number of rotatable bonds is 17. The molecule has 0 radical (unpaired) electrons. The topological polar surface area (TPSA) is 69.4 Å². The van der Waals surface area contributed by atoms with Gasteiger partial charge < -0.3 is 4.74 Å². The van der Waals surface area contributed by atoms with Gasteiger partial charge in [0.25, 0.3) is 0 Å². The van der Waals surface area contributed by atoms with Gasteiger partial charge in [-0.15, -0.1) is 0 Å². The Labute approximate surface area is 147 Å². The van der Waals surface area contributed by atoms with Gasteiger partial charge in [-0.25, -0.2) is 0 Å². The van der Waals surface area contributed by atoms with E-state index in [-0.39, 0.29) is 6.42 Å². The van der Waals surface area contributed by atoms with Crippen LogP contribution in [0, 0.1) is 10.1 Å². The van der Waals surface area contributed by atoms with Crippen LogP contribution in [0.2, 0.25) is 0 Å². The molecule has 0 aromatic heterocycles. The molecule has 0 aromatic rings. The van der Waals surface area contributed by atoms with Crippen molar-refractivity contribution in [2.75, 3.05) is 6.73 Å². The first-order chi connectivity index (χ1) is 11.7. The Kier molecular flexibility index (Phi) is 16.9. The summed E-state index contributed by atoms with van der Waals surface area (Å²) in [5, 5.41) is 10.0. The van der Waals surface area contributed by atoms with E-state index in [0.717, 1.165) is 25.7 Å². The van der Waals surface area contributed by atoms with Crippen LogP contribution in [0.1, 0.15) is 96.8 Å². The Hall–Kier alpha value is -1.39. The molecule has 0 fully saturated rings. The summed E-state index contributed by atoms with van der Waals surface area (Å²) in [5.74, 6) is -0.468. The lowest BCUT2D eigenvalue weighted by Gasteiger charge is -2.01. The van der Waals surface area contributed by atoms with Gasteiger partial charge in [-0.3, -0.25) is 14.9 Å². The van der Waals surface area contributed by atoms with E-state index >= 15 is 0 Å². The zero-order valence-electron chi connectivity index (χ0n) is 15.3. The Balaban J connectivity index is 3.20. The first-order valence-corrected chi connectivity index (χ1v) is 9.59. The van der Waals surface area contributed by atoms with Crippen LogP contribution >= 0.6 is 0 Å². The Morgan fingerprint density at radius 1 is 0.875 bits per heavy atom. The van der Waals surface area contributed by atoms with Crippen LogP contribution in [-0.2, 0) is 9.53 Å². The third-order valence-electron chi connectivity index (χ3n) is 3.97. The van der Waals surface area contributed by atoms with Crippen molar-refractivity contribution in [3.63, 3.8) is 0 Å². The minimum Gasteiger partial charge on any atom is -0.400 e. The fourth-order valence-electron chi connectivity index (χ4n) is 2.54. The highest BCUT2D eigenvalue weighted by atomic mass is 16.7. The van der Waals surface area contributed by atoms with Gasteiger partial charge in [0.15, 0.2) is 0 Å². The number of hydrogen-bond donors (Lipinski definition) is 0. The second-order valence-corrected chi connectivity index (χ2v) is 6.31. The molecule has 0 aliphatic rings. The standard InChI is InChI=1S/C19H35NO4/c1-2-3-4-5-6-7-8-9-10-11-12-13-14-15-16-17-19(21)24-18-20(22)23/h9-10H,2-8,11-18H2,1H3/b10-9-. The minimum absolute atomic E-state index is 0.284. The number of esters is 1. The van der Waals surface area contributed by atoms with E-state index in [1.165, 1.54) is 57.8 Å². The van der Waals surface area contributed by atoms with Crippen molar-refractivity contribution in [3.05, 3.63) is 22.3 Å². The first kappa shape index (κ1) is 22.6. The van der Waals surface area contributed by atoms with Gasteiger partial charge in [-0.05, 0) is 32.1 Å². The monoisotopic (exact) mass is 341 g/mol. The van der Waals surface area contributed by atoms with E-state index in [2.05, 4.69) is 23.8 Å². The Bertz CT molecular complexity index is 342. The third kappa shape index (κ3) is 18.7. The largest absolute Gasteiger partial charge is 0.400 e. The molecule has 0 saturated carbocycles. The molecule has 0 spiro atoms. The SMILES string of the molecule is CCCCCCCC/C=C\CCCCCCCC(=O)OC[N+](=O)[O-]. The molecule has 0 bridgehead atoms. The normalized spacial score (nSPS) is 11.0. The number of unbranched alkanes of at least 4 members (excludes halogenated alkanes) is 11. The molecule has 0 rings (SSSR count). The summed E-state index contributed by atoms with van der Waals surface area (Å²) in [6.45, 7) is 1.53. The first-order valence-electron chi connectivity index (χ1n) is 9.59. The molecule has 5 nitrogen and oxygen atoms in total. The lowest BCUT2D eigenvalue weighted by Crippen LogP contribution is -2.11. The molecule has 0 aromatic carbocycles. The number of ether oxygens (including phenoxy) is 1. The van der Waals surface area contributed by atoms with Crippen LogP contribution in [0.5, 0.6) is 0 Å². The van der Waals surface area contributed by atoms with Crippen LogP contribution in [0.4, 0.5) is 0 Å². The third-order valence-corrected chi connectivity index (χ3v) is 3.97. The summed E-state index contributed by atoms with van der Waals surface area (Å²) in [5.41, 5.74) is 0. The van der Waals surface area contributed by atoms with Crippen LogP contribution < -0.4 is 0 Å². The van der Waals surface area contributed by atoms with Crippen molar-refractivity contribution >= 4 is 5.97 Å². The molecule has 0 heterocycles. The summed E-state index contributed by atoms with van der Waals surface area (Å²) >= 11 is 0. The molecule has 24 heavy (non-hydrogen) atoms. The van der Waals surface area contributed by atoms with E-state index in [1.54, 1.807) is 0 Å². The van der Waals surface area contributed by atoms with Crippen LogP contribution in [0.15, 0.2) is 12.2 Å². The van der Waals surface area contributed by atoms with Crippen LogP contribution in [0.3, 0.4) is 0 Å². The molecule has 0 aliphatic heterocycles. The Morgan fingerprint density at radius 2 is 1.38 bits per heavy atom. The molecule has 0 unspecified atom stereocenters. The quantitative estimate of drug-likeness (QED) is 0.0837. The van der Waals surface area contributed by atoms with E-state index in [1.807, 2.05) is 0 Å². The fraction of sp³-hybridized carbons (Fsp3) is 0.842. The maximum Gasteiger partial charge on any atom is 0.346 e. The molecule has 140 valence electrons. The highest BCUT2D eigenvalue weighted by molar-refractivity contribution is 5.69. The van der Waals surface area contributed by atoms with Crippen molar-refractivity contribution in [1.29, 1.82) is 0 Å². The minimum atomic E-state index is -0.718. The number of carbonyl (C=O) groups is 1.